The highest BCUT2D eigenvalue weighted by Crippen LogP contribution is 2.65. The third kappa shape index (κ3) is 4.29. The summed E-state index contributed by atoms with van der Waals surface area (Å²) in [6.07, 6.45) is -3.24. The molecule has 0 bridgehead atoms. The number of Topliss-reactive ketones (excluding diaryl/α,β-unsaturated/α-hetero) is 2. The molecule has 2 saturated carbocycles. The minimum absolute atomic E-state index is 0.0483. The number of rotatable bonds is 4. The second kappa shape index (κ2) is 10.6. The van der Waals surface area contributed by atoms with Crippen molar-refractivity contribution in [3.8, 4) is 5.75 Å². The number of primary amides is 1. The molecule has 2 unspecified atom stereocenters. The van der Waals surface area contributed by atoms with Crippen LogP contribution in [0, 0.1) is 34.5 Å². The number of aliphatic hydroxyl groups excluding tert-OH is 2. The molecule has 8 atom stereocenters. The summed E-state index contributed by atoms with van der Waals surface area (Å²) in [6, 6.07) is 15.4. The van der Waals surface area contributed by atoms with Gasteiger partial charge in [-0.25, -0.2) is 4.79 Å². The number of amides is 3. The molecular formula is C35H39N3O8. The van der Waals surface area contributed by atoms with Crippen molar-refractivity contribution in [2.75, 3.05) is 10.6 Å². The Morgan fingerprint density at radius 3 is 2.28 bits per heavy atom. The molecule has 242 valence electrons. The average Bonchev–Trinajstić information content (AvgIpc) is 2.96. The van der Waals surface area contributed by atoms with Crippen LogP contribution < -0.4 is 16.4 Å². The number of carbonyl (C=O) groups is 4. The number of hydrogen-bond donors (Lipinski definition) is 7. The highest BCUT2D eigenvalue weighted by atomic mass is 16.4. The molecule has 11 nitrogen and oxygen atoms in total. The molecule has 3 aliphatic carbocycles. The van der Waals surface area contributed by atoms with Crippen LogP contribution in [0.25, 0.3) is 10.8 Å². The molecule has 0 spiro atoms. The maximum atomic E-state index is 14.3. The lowest BCUT2D eigenvalue weighted by Gasteiger charge is -2.66. The van der Waals surface area contributed by atoms with Crippen molar-refractivity contribution in [1.82, 2.24) is 0 Å². The Morgan fingerprint density at radius 1 is 0.957 bits per heavy atom. The van der Waals surface area contributed by atoms with Crippen LogP contribution in [0.4, 0.5) is 16.2 Å². The number of anilines is 2. The number of fused-ring (bicyclic) bond motifs is 4. The van der Waals surface area contributed by atoms with Gasteiger partial charge in [0, 0.05) is 10.8 Å². The minimum atomic E-state index is -2.60. The van der Waals surface area contributed by atoms with Crippen LogP contribution >= 0.6 is 0 Å². The molecule has 0 radical (unpaired) electrons. The number of urea groups is 1. The largest absolute Gasteiger partial charge is 0.505 e. The van der Waals surface area contributed by atoms with E-state index in [1.807, 2.05) is 30.3 Å². The van der Waals surface area contributed by atoms with E-state index in [0.717, 1.165) is 10.8 Å². The van der Waals surface area contributed by atoms with Gasteiger partial charge >= 0.3 is 6.03 Å². The predicted molar refractivity (Wildman–Crippen MR) is 170 cm³/mol. The van der Waals surface area contributed by atoms with Crippen LogP contribution in [0.5, 0.6) is 5.75 Å². The summed E-state index contributed by atoms with van der Waals surface area (Å²) in [5, 5.41) is 53.8. The van der Waals surface area contributed by atoms with E-state index in [1.54, 1.807) is 45.9 Å². The van der Waals surface area contributed by atoms with Gasteiger partial charge in [0.15, 0.2) is 17.2 Å². The van der Waals surface area contributed by atoms with Gasteiger partial charge in [-0.3, -0.25) is 14.4 Å². The quantitative estimate of drug-likeness (QED) is 0.168. The highest BCUT2D eigenvalue weighted by molar-refractivity contribution is 6.11. The number of nitrogens with one attached hydrogen (secondary N) is 2. The van der Waals surface area contributed by atoms with Crippen molar-refractivity contribution in [3.05, 3.63) is 65.7 Å². The Balaban J connectivity index is 1.37. The molecular weight excluding hydrogens is 590 g/mol. The lowest BCUT2D eigenvalue weighted by molar-refractivity contribution is -0.265. The number of hydrogen-bond acceptors (Lipinski definition) is 8. The Labute approximate surface area is 265 Å². The van der Waals surface area contributed by atoms with E-state index in [9.17, 15) is 39.6 Å². The monoisotopic (exact) mass is 629 g/mol. The molecule has 8 N–H and O–H groups in total. The summed E-state index contributed by atoms with van der Waals surface area (Å²) in [4.78, 5) is 53.6. The standard InChI is InChI=1S/C35H39N3O8/c1-16(2)24-28(41)23(31(36)44)29(42)35(46)30(43)25-27(40)22-18(14-33(25,3)15-34(24,35)4)12-13-21(26(22)39)38-32(45)37-20-11-7-9-17-8-5-6-10-19(17)20/h5-13,16,23-25,28,30,39,41,43,46H,14-15H2,1-4H3,(H2,36,44)(H2,37,38,45)/t23-,24+,25-,28?,30?,33-,34-,35+/m1/s1. The molecule has 3 aromatic carbocycles. The Bertz CT molecular complexity index is 1800. The SMILES string of the molecule is CC(C)[C@H]1C(O)[C@@H](C(N)=O)C(=O)[C@]2(O)C(O)[C@H]3C(=O)c4c(ccc(NC(=O)Nc5cccc6ccccc56)c4O)C[C@]3(C)C[C@]12C. The van der Waals surface area contributed by atoms with E-state index in [-0.39, 0.29) is 30.0 Å². The zero-order valence-electron chi connectivity index (χ0n) is 26.1. The van der Waals surface area contributed by atoms with Crippen LogP contribution in [-0.2, 0) is 16.0 Å². The van der Waals surface area contributed by atoms with Crippen molar-refractivity contribution in [3.63, 3.8) is 0 Å². The molecule has 0 aliphatic heterocycles. The zero-order valence-corrected chi connectivity index (χ0v) is 26.1. The van der Waals surface area contributed by atoms with Crippen molar-refractivity contribution in [1.29, 1.82) is 0 Å². The third-order valence-electron chi connectivity index (χ3n) is 10.9. The van der Waals surface area contributed by atoms with Crippen molar-refractivity contribution >= 4 is 45.7 Å². The fourth-order valence-electron chi connectivity index (χ4n) is 9.24. The summed E-state index contributed by atoms with van der Waals surface area (Å²) in [6.45, 7) is 6.97. The lowest BCUT2D eigenvalue weighted by atomic mass is 9.39. The van der Waals surface area contributed by atoms with Crippen LogP contribution in [0.3, 0.4) is 0 Å². The van der Waals surface area contributed by atoms with Gasteiger partial charge in [-0.05, 0) is 53.2 Å². The number of ketones is 2. The Kier molecular flexibility index (Phi) is 7.30. The maximum Gasteiger partial charge on any atom is 0.323 e. The zero-order chi connectivity index (χ0) is 33.5. The van der Waals surface area contributed by atoms with Gasteiger partial charge in [0.1, 0.15) is 17.8 Å². The van der Waals surface area contributed by atoms with Crippen LogP contribution in [-0.4, -0.2) is 61.7 Å². The molecule has 3 aromatic rings. The van der Waals surface area contributed by atoms with Crippen molar-refractivity contribution in [2.45, 2.75) is 58.3 Å². The van der Waals surface area contributed by atoms with Crippen molar-refractivity contribution < 1.29 is 39.6 Å². The smallest absolute Gasteiger partial charge is 0.323 e. The normalized spacial score (nSPS) is 33.6. The van der Waals surface area contributed by atoms with Gasteiger partial charge < -0.3 is 36.8 Å². The van der Waals surface area contributed by atoms with Gasteiger partial charge in [-0.15, -0.1) is 0 Å². The van der Waals surface area contributed by atoms with E-state index in [2.05, 4.69) is 10.6 Å². The molecule has 0 saturated heterocycles. The van der Waals surface area contributed by atoms with Gasteiger partial charge in [0.25, 0.3) is 0 Å². The van der Waals surface area contributed by atoms with Gasteiger partial charge in [-0.1, -0.05) is 70.2 Å². The van der Waals surface area contributed by atoms with E-state index in [4.69, 9.17) is 5.73 Å². The molecule has 0 aromatic heterocycles. The van der Waals surface area contributed by atoms with E-state index in [0.29, 0.717) is 11.3 Å². The maximum absolute atomic E-state index is 14.3. The highest BCUT2D eigenvalue weighted by Gasteiger charge is 2.75. The summed E-state index contributed by atoms with van der Waals surface area (Å²) in [5.41, 5.74) is 1.32. The number of carbonyl (C=O) groups excluding carboxylic acids is 4. The Morgan fingerprint density at radius 2 is 1.61 bits per heavy atom. The lowest BCUT2D eigenvalue weighted by Crippen LogP contribution is -2.79. The summed E-state index contributed by atoms with van der Waals surface area (Å²) >= 11 is 0. The number of aliphatic hydroxyl groups is 3. The number of phenols is 1. The van der Waals surface area contributed by atoms with Gasteiger partial charge in [0.05, 0.1) is 29.0 Å². The molecule has 3 amide bonds. The third-order valence-corrected chi connectivity index (χ3v) is 10.9. The van der Waals surface area contributed by atoms with E-state index >= 15 is 0 Å². The first-order valence-corrected chi connectivity index (χ1v) is 15.4. The van der Waals surface area contributed by atoms with Crippen LogP contribution in [0.15, 0.2) is 54.6 Å². The van der Waals surface area contributed by atoms with Crippen molar-refractivity contribution in [2.24, 2.45) is 40.2 Å². The van der Waals surface area contributed by atoms with E-state index in [1.165, 1.54) is 6.07 Å². The molecule has 3 aliphatic rings. The van der Waals surface area contributed by atoms with Crippen LogP contribution in [0.1, 0.15) is 50.0 Å². The topological polar surface area (TPSA) is 199 Å². The first-order chi connectivity index (χ1) is 21.6. The fourth-order valence-corrected chi connectivity index (χ4v) is 9.24. The second-order valence-corrected chi connectivity index (χ2v) is 14.1. The van der Waals surface area contributed by atoms with Gasteiger partial charge in [0.2, 0.25) is 5.91 Å². The molecule has 0 heterocycles. The predicted octanol–water partition coefficient (Wildman–Crippen LogP) is 3.37. The number of nitrogens with two attached hydrogens (primary N) is 1. The summed E-state index contributed by atoms with van der Waals surface area (Å²) < 4.78 is 0. The van der Waals surface area contributed by atoms with Crippen LogP contribution in [0.2, 0.25) is 0 Å². The molecule has 11 heteroatoms. The number of aromatic hydroxyl groups is 1. The molecule has 46 heavy (non-hydrogen) atoms. The Hall–Kier alpha value is -4.32. The molecule has 6 rings (SSSR count). The summed E-state index contributed by atoms with van der Waals surface area (Å²) in [7, 11) is 0. The first kappa shape index (κ1) is 31.7. The summed E-state index contributed by atoms with van der Waals surface area (Å²) in [5.74, 6) is -7.76. The number of phenolic OH excluding ortho intramolecular Hbond substituents is 1. The minimum Gasteiger partial charge on any atom is -0.505 e. The van der Waals surface area contributed by atoms with Gasteiger partial charge in [-0.2, -0.15) is 0 Å². The fraction of sp³-hybridized carbons (Fsp3) is 0.429. The molecule has 2 fully saturated rings. The first-order valence-electron chi connectivity index (χ1n) is 15.4. The average molecular weight is 630 g/mol. The number of benzene rings is 3. The second-order valence-electron chi connectivity index (χ2n) is 14.1. The van der Waals surface area contributed by atoms with E-state index < -0.39 is 75.6 Å².